The van der Waals surface area contributed by atoms with Crippen molar-refractivity contribution in [1.29, 1.82) is 0 Å². The van der Waals surface area contributed by atoms with E-state index in [1.54, 1.807) is 22.6 Å². The molecule has 0 aliphatic carbocycles. The van der Waals surface area contributed by atoms with Crippen LogP contribution in [0.5, 0.6) is 0 Å². The van der Waals surface area contributed by atoms with Gasteiger partial charge in [0.2, 0.25) is 10.0 Å². The highest BCUT2D eigenvalue weighted by atomic mass is 32.2. The van der Waals surface area contributed by atoms with Crippen molar-refractivity contribution >= 4 is 26.7 Å². The molecule has 2 aromatic heterocycles. The highest BCUT2D eigenvalue weighted by molar-refractivity contribution is 7.89. The average Bonchev–Trinajstić information content (AvgIpc) is 3.16. The maximum absolute atomic E-state index is 13.3. The van der Waals surface area contributed by atoms with Gasteiger partial charge in [-0.2, -0.15) is 4.31 Å². The molecule has 0 bridgehead atoms. The lowest BCUT2D eigenvalue weighted by Gasteiger charge is -2.42. The summed E-state index contributed by atoms with van der Waals surface area (Å²) in [6.07, 6.45) is 4.51. The number of aromatic nitrogens is 2. The smallest absolute Gasteiger partial charge is 0.243 e. The first-order chi connectivity index (χ1) is 13.4. The summed E-state index contributed by atoms with van der Waals surface area (Å²) < 4.78 is 28.2. The molecule has 1 fully saturated rings. The third-order valence-electron chi connectivity index (χ3n) is 5.91. The van der Waals surface area contributed by atoms with Gasteiger partial charge in [0.1, 0.15) is 5.65 Å². The first-order valence-corrected chi connectivity index (χ1v) is 11.0. The molecule has 1 aliphatic heterocycles. The van der Waals surface area contributed by atoms with Crippen molar-refractivity contribution < 1.29 is 8.42 Å². The van der Waals surface area contributed by atoms with Crippen LogP contribution in [0.25, 0.3) is 11.0 Å². The Kier molecular flexibility index (Phi) is 4.89. The van der Waals surface area contributed by atoms with Crippen molar-refractivity contribution in [2.75, 3.05) is 25.0 Å². The van der Waals surface area contributed by atoms with Gasteiger partial charge in [0.15, 0.2) is 0 Å². The van der Waals surface area contributed by atoms with Gasteiger partial charge in [0.25, 0.3) is 0 Å². The monoisotopic (exact) mass is 398 g/mol. The lowest BCUT2D eigenvalue weighted by molar-refractivity contribution is 0.247. The SMILES string of the molecule is Cc1ccccc1S(=O)(=O)N1CC[C@@H](C)C(N(C)c2ccnc3[nH]ccc23)C1. The first-order valence-electron chi connectivity index (χ1n) is 9.60. The summed E-state index contributed by atoms with van der Waals surface area (Å²) in [5, 5.41) is 1.05. The van der Waals surface area contributed by atoms with Gasteiger partial charge >= 0.3 is 0 Å². The highest BCUT2D eigenvalue weighted by Gasteiger charge is 2.36. The second-order valence-electron chi connectivity index (χ2n) is 7.64. The predicted octanol–water partition coefficient (Wildman–Crippen LogP) is 3.41. The molecular weight excluding hydrogens is 372 g/mol. The number of hydrogen-bond donors (Lipinski definition) is 1. The third kappa shape index (κ3) is 3.18. The van der Waals surface area contributed by atoms with Crippen molar-refractivity contribution in [1.82, 2.24) is 14.3 Å². The third-order valence-corrected chi connectivity index (χ3v) is 7.93. The number of rotatable bonds is 4. The summed E-state index contributed by atoms with van der Waals surface area (Å²) >= 11 is 0. The van der Waals surface area contributed by atoms with Crippen molar-refractivity contribution in [3.63, 3.8) is 0 Å². The molecule has 28 heavy (non-hydrogen) atoms. The number of pyridine rings is 1. The molecule has 3 aromatic rings. The van der Waals surface area contributed by atoms with Crippen LogP contribution in [0.4, 0.5) is 5.69 Å². The van der Waals surface area contributed by atoms with E-state index in [9.17, 15) is 8.42 Å². The van der Waals surface area contributed by atoms with Crippen LogP contribution < -0.4 is 4.90 Å². The van der Waals surface area contributed by atoms with Crippen LogP contribution in [0.1, 0.15) is 18.9 Å². The minimum absolute atomic E-state index is 0.0908. The molecule has 1 N–H and O–H groups in total. The molecule has 1 saturated heterocycles. The van der Waals surface area contributed by atoms with Gasteiger partial charge in [0.05, 0.1) is 4.90 Å². The quantitative estimate of drug-likeness (QED) is 0.731. The molecule has 148 valence electrons. The fourth-order valence-corrected chi connectivity index (χ4v) is 5.86. The predicted molar refractivity (Wildman–Crippen MR) is 112 cm³/mol. The maximum atomic E-state index is 13.3. The molecule has 6 nitrogen and oxygen atoms in total. The second kappa shape index (κ2) is 7.22. The van der Waals surface area contributed by atoms with Crippen molar-refractivity contribution in [3.05, 3.63) is 54.4 Å². The Morgan fingerprint density at radius 3 is 2.79 bits per heavy atom. The van der Waals surface area contributed by atoms with E-state index in [0.717, 1.165) is 28.7 Å². The number of piperidine rings is 1. The molecule has 1 unspecified atom stereocenters. The lowest BCUT2D eigenvalue weighted by atomic mass is 9.93. The van der Waals surface area contributed by atoms with E-state index in [-0.39, 0.29) is 6.04 Å². The number of hydrogen-bond acceptors (Lipinski definition) is 4. The van der Waals surface area contributed by atoms with Gasteiger partial charge < -0.3 is 9.88 Å². The molecule has 0 radical (unpaired) electrons. The molecule has 4 rings (SSSR count). The van der Waals surface area contributed by atoms with Crippen LogP contribution in [0.3, 0.4) is 0 Å². The van der Waals surface area contributed by atoms with E-state index in [2.05, 4.69) is 21.8 Å². The molecule has 1 aromatic carbocycles. The summed E-state index contributed by atoms with van der Waals surface area (Å²) in [4.78, 5) is 10.1. The number of benzene rings is 1. The number of aryl methyl sites for hydroxylation is 1. The number of aromatic amines is 1. The molecule has 7 heteroatoms. The van der Waals surface area contributed by atoms with Gasteiger partial charge in [-0.25, -0.2) is 13.4 Å². The molecule has 1 aliphatic rings. The number of likely N-dealkylation sites (N-methyl/N-ethyl adjacent to an activating group) is 1. The minimum Gasteiger partial charge on any atom is -0.369 e. The minimum atomic E-state index is -3.51. The van der Waals surface area contributed by atoms with Crippen LogP contribution >= 0.6 is 0 Å². The lowest BCUT2D eigenvalue weighted by Crippen LogP contribution is -2.52. The number of nitrogens with one attached hydrogen (secondary N) is 1. The zero-order chi connectivity index (χ0) is 19.9. The van der Waals surface area contributed by atoms with E-state index in [0.29, 0.717) is 23.9 Å². The topological polar surface area (TPSA) is 69.3 Å². The van der Waals surface area contributed by atoms with Crippen LogP contribution in [-0.2, 0) is 10.0 Å². The molecular formula is C21H26N4O2S. The summed E-state index contributed by atoms with van der Waals surface area (Å²) in [5.41, 5.74) is 2.70. The summed E-state index contributed by atoms with van der Waals surface area (Å²) in [6, 6.07) is 11.3. The average molecular weight is 399 g/mol. The Bertz CT molecular complexity index is 1090. The van der Waals surface area contributed by atoms with E-state index >= 15 is 0 Å². The van der Waals surface area contributed by atoms with Gasteiger partial charge in [0, 0.05) is 49.6 Å². The zero-order valence-electron chi connectivity index (χ0n) is 16.5. The molecule has 0 amide bonds. The van der Waals surface area contributed by atoms with Crippen LogP contribution in [-0.4, -0.2) is 48.9 Å². The van der Waals surface area contributed by atoms with E-state index in [1.807, 2.05) is 44.4 Å². The molecule has 0 spiro atoms. The van der Waals surface area contributed by atoms with Gasteiger partial charge in [-0.1, -0.05) is 25.1 Å². The maximum Gasteiger partial charge on any atom is 0.243 e. The molecule has 0 saturated carbocycles. The number of anilines is 1. The van der Waals surface area contributed by atoms with Crippen LogP contribution in [0.2, 0.25) is 0 Å². The van der Waals surface area contributed by atoms with Crippen molar-refractivity contribution in [3.8, 4) is 0 Å². The number of sulfonamides is 1. The largest absolute Gasteiger partial charge is 0.369 e. The normalized spacial score (nSPS) is 21.1. The van der Waals surface area contributed by atoms with Gasteiger partial charge in [-0.05, 0) is 43.0 Å². The second-order valence-corrected chi connectivity index (χ2v) is 9.55. The molecule has 3 heterocycles. The highest BCUT2D eigenvalue weighted by Crippen LogP contribution is 2.32. The van der Waals surface area contributed by atoms with Gasteiger partial charge in [-0.3, -0.25) is 0 Å². The Hall–Kier alpha value is -2.38. The number of H-pyrrole nitrogens is 1. The van der Waals surface area contributed by atoms with Crippen molar-refractivity contribution in [2.24, 2.45) is 5.92 Å². The van der Waals surface area contributed by atoms with E-state index < -0.39 is 10.0 Å². The van der Waals surface area contributed by atoms with Crippen molar-refractivity contribution in [2.45, 2.75) is 31.2 Å². The Morgan fingerprint density at radius 2 is 2.00 bits per heavy atom. The number of nitrogens with zero attached hydrogens (tertiary/aromatic N) is 3. The van der Waals surface area contributed by atoms with E-state index in [1.165, 1.54) is 0 Å². The fourth-order valence-electron chi connectivity index (χ4n) is 4.16. The summed E-state index contributed by atoms with van der Waals surface area (Å²) in [7, 11) is -1.46. The number of fused-ring (bicyclic) bond motifs is 1. The molecule has 2 atom stereocenters. The first kappa shape index (κ1) is 19.0. The van der Waals surface area contributed by atoms with E-state index in [4.69, 9.17) is 0 Å². The summed E-state index contributed by atoms with van der Waals surface area (Å²) in [5.74, 6) is 0.385. The Balaban J connectivity index is 1.65. The van der Waals surface area contributed by atoms with Gasteiger partial charge in [-0.15, -0.1) is 0 Å². The fraction of sp³-hybridized carbons (Fsp3) is 0.381. The zero-order valence-corrected chi connectivity index (χ0v) is 17.3. The standard InChI is InChI=1S/C21H26N4O2S/c1-15-10-13-25(28(26,27)20-7-5-4-6-16(20)2)14-19(15)24(3)18-9-12-23-21-17(18)8-11-22-21/h4-9,11-12,15,19H,10,13-14H2,1-3H3,(H,22,23)/t15-,19?/m1/s1. The van der Waals surface area contributed by atoms with Crippen LogP contribution in [0.15, 0.2) is 53.7 Å². The Labute approximate surface area is 166 Å². The van der Waals surface area contributed by atoms with Crippen LogP contribution in [0, 0.1) is 12.8 Å². The Morgan fingerprint density at radius 1 is 1.21 bits per heavy atom. The summed E-state index contributed by atoms with van der Waals surface area (Å²) in [6.45, 7) is 5.08.